The van der Waals surface area contributed by atoms with Gasteiger partial charge in [0, 0.05) is 24.0 Å². The fraction of sp³-hybridized carbons (Fsp3) is 0.385. The molecule has 0 unspecified atom stereocenters. The fourth-order valence-corrected chi connectivity index (χ4v) is 2.30. The Morgan fingerprint density at radius 1 is 1.39 bits per heavy atom. The average Bonchev–Trinajstić information content (AvgIpc) is 2.56. The van der Waals surface area contributed by atoms with Gasteiger partial charge in [-0.15, -0.1) is 0 Å². The number of nitrogens with zero attached hydrogens (tertiary/aromatic N) is 3. The highest BCUT2D eigenvalue weighted by Crippen LogP contribution is 2.30. The summed E-state index contributed by atoms with van der Waals surface area (Å²) in [5, 5.41) is 5.08. The Morgan fingerprint density at radius 2 is 2.11 bits per heavy atom. The number of hydrogen-bond donors (Lipinski definition) is 1. The van der Waals surface area contributed by atoms with E-state index in [1.165, 1.54) is 0 Å². The molecule has 0 radical (unpaired) electrons. The molecule has 2 aromatic heterocycles. The zero-order valence-electron chi connectivity index (χ0n) is 10.9. The predicted octanol–water partition coefficient (Wildman–Crippen LogP) is 3.21. The maximum absolute atomic E-state index is 5.99. The zero-order chi connectivity index (χ0) is 13.3. The second-order valence-electron chi connectivity index (χ2n) is 4.36. The van der Waals surface area contributed by atoms with Crippen molar-refractivity contribution in [2.24, 2.45) is 0 Å². The van der Waals surface area contributed by atoms with Gasteiger partial charge in [-0.25, -0.2) is 0 Å². The Bertz CT molecular complexity index is 575. The molecule has 2 N–H and O–H groups in total. The number of aryl methyl sites for hydroxylation is 2. The van der Waals surface area contributed by atoms with Gasteiger partial charge in [-0.3, -0.25) is 9.67 Å². The van der Waals surface area contributed by atoms with Gasteiger partial charge in [-0.2, -0.15) is 5.10 Å². The highest BCUT2D eigenvalue weighted by atomic mass is 35.5. The topological polar surface area (TPSA) is 56.7 Å². The Labute approximate surface area is 112 Å². The van der Waals surface area contributed by atoms with Crippen molar-refractivity contribution in [2.45, 2.75) is 33.7 Å². The van der Waals surface area contributed by atoms with Crippen molar-refractivity contribution >= 4 is 17.3 Å². The third kappa shape index (κ3) is 2.20. The number of aromatic nitrogens is 3. The first kappa shape index (κ1) is 12.9. The third-order valence-electron chi connectivity index (χ3n) is 2.94. The van der Waals surface area contributed by atoms with Gasteiger partial charge >= 0.3 is 0 Å². The maximum Gasteiger partial charge on any atom is 0.0969 e. The minimum Gasteiger partial charge on any atom is -0.397 e. The Balaban J connectivity index is 2.56. The Hall–Kier alpha value is -1.55. The SMILES string of the molecule is CCCn1nc(C)c(-c2ncc(Cl)cc2N)c1C. The lowest BCUT2D eigenvalue weighted by molar-refractivity contribution is 0.583. The van der Waals surface area contributed by atoms with Gasteiger partial charge in [0.2, 0.25) is 0 Å². The smallest absolute Gasteiger partial charge is 0.0969 e. The number of anilines is 1. The van der Waals surface area contributed by atoms with E-state index >= 15 is 0 Å². The summed E-state index contributed by atoms with van der Waals surface area (Å²) in [6.07, 6.45) is 2.66. The fourth-order valence-electron chi connectivity index (χ4n) is 2.13. The Morgan fingerprint density at radius 3 is 2.72 bits per heavy atom. The van der Waals surface area contributed by atoms with E-state index < -0.39 is 0 Å². The van der Waals surface area contributed by atoms with Crippen molar-refractivity contribution in [1.82, 2.24) is 14.8 Å². The van der Waals surface area contributed by atoms with E-state index in [0.717, 1.165) is 35.6 Å². The maximum atomic E-state index is 5.99. The summed E-state index contributed by atoms with van der Waals surface area (Å²) in [4.78, 5) is 4.33. The minimum atomic E-state index is 0.549. The number of halogens is 1. The van der Waals surface area contributed by atoms with Crippen molar-refractivity contribution < 1.29 is 0 Å². The molecule has 0 atom stereocenters. The monoisotopic (exact) mass is 264 g/mol. The summed E-state index contributed by atoms with van der Waals surface area (Å²) in [7, 11) is 0. The molecule has 2 rings (SSSR count). The number of nitrogen functional groups attached to an aromatic ring is 1. The first-order valence-electron chi connectivity index (χ1n) is 6.00. The first-order chi connectivity index (χ1) is 8.54. The van der Waals surface area contributed by atoms with E-state index in [2.05, 4.69) is 17.0 Å². The van der Waals surface area contributed by atoms with Crippen molar-refractivity contribution in [3.63, 3.8) is 0 Å². The molecule has 5 heteroatoms. The normalized spacial score (nSPS) is 10.9. The lowest BCUT2D eigenvalue weighted by Crippen LogP contribution is -2.01. The van der Waals surface area contributed by atoms with E-state index in [4.69, 9.17) is 17.3 Å². The van der Waals surface area contributed by atoms with E-state index in [1.807, 2.05) is 18.5 Å². The van der Waals surface area contributed by atoms with Crippen LogP contribution in [0.3, 0.4) is 0 Å². The molecule has 0 saturated carbocycles. The van der Waals surface area contributed by atoms with Gasteiger partial charge in [0.1, 0.15) is 0 Å². The standard InChI is InChI=1S/C13H17ClN4/c1-4-5-18-9(3)12(8(2)17-18)13-11(15)6-10(14)7-16-13/h6-7H,4-5,15H2,1-3H3. The van der Waals surface area contributed by atoms with Gasteiger partial charge in [-0.1, -0.05) is 18.5 Å². The van der Waals surface area contributed by atoms with E-state index in [0.29, 0.717) is 10.7 Å². The molecule has 2 heterocycles. The molecule has 0 saturated heterocycles. The molecule has 0 spiro atoms. The lowest BCUT2D eigenvalue weighted by atomic mass is 10.1. The van der Waals surface area contributed by atoms with Crippen LogP contribution in [0.1, 0.15) is 24.7 Å². The molecule has 0 aliphatic rings. The molecular formula is C13H17ClN4. The molecule has 0 bridgehead atoms. The van der Waals surface area contributed by atoms with Gasteiger partial charge in [0.05, 0.1) is 22.1 Å². The summed E-state index contributed by atoms with van der Waals surface area (Å²) in [6.45, 7) is 7.05. The van der Waals surface area contributed by atoms with Crippen LogP contribution in [-0.4, -0.2) is 14.8 Å². The lowest BCUT2D eigenvalue weighted by Gasteiger charge is -2.06. The van der Waals surface area contributed by atoms with E-state index in [1.54, 1.807) is 12.3 Å². The minimum absolute atomic E-state index is 0.549. The van der Waals surface area contributed by atoms with Gasteiger partial charge in [-0.05, 0) is 26.3 Å². The van der Waals surface area contributed by atoms with Crippen LogP contribution < -0.4 is 5.73 Å². The van der Waals surface area contributed by atoms with Crippen LogP contribution in [-0.2, 0) is 6.54 Å². The number of pyridine rings is 1. The first-order valence-corrected chi connectivity index (χ1v) is 6.37. The molecule has 0 aliphatic carbocycles. The van der Waals surface area contributed by atoms with Crippen molar-refractivity contribution in [1.29, 1.82) is 0 Å². The van der Waals surface area contributed by atoms with Crippen LogP contribution in [0, 0.1) is 13.8 Å². The average molecular weight is 265 g/mol. The molecule has 96 valence electrons. The molecule has 4 nitrogen and oxygen atoms in total. The van der Waals surface area contributed by atoms with Crippen molar-refractivity contribution in [3.05, 3.63) is 28.7 Å². The van der Waals surface area contributed by atoms with E-state index in [-0.39, 0.29) is 0 Å². The van der Waals surface area contributed by atoms with Crippen molar-refractivity contribution in [2.75, 3.05) is 5.73 Å². The highest BCUT2D eigenvalue weighted by Gasteiger charge is 2.16. The van der Waals surface area contributed by atoms with Crippen LogP contribution in [0.2, 0.25) is 5.02 Å². The van der Waals surface area contributed by atoms with Gasteiger partial charge in [0.15, 0.2) is 0 Å². The van der Waals surface area contributed by atoms with Gasteiger partial charge in [0.25, 0.3) is 0 Å². The predicted molar refractivity (Wildman–Crippen MR) is 74.6 cm³/mol. The van der Waals surface area contributed by atoms with Crippen LogP contribution in [0.15, 0.2) is 12.3 Å². The van der Waals surface area contributed by atoms with E-state index in [9.17, 15) is 0 Å². The molecule has 0 fully saturated rings. The molecule has 2 aromatic rings. The van der Waals surface area contributed by atoms with Crippen LogP contribution in [0.5, 0.6) is 0 Å². The number of nitrogens with two attached hydrogens (primary N) is 1. The molecule has 0 amide bonds. The summed E-state index contributed by atoms with van der Waals surface area (Å²) in [5.41, 5.74) is 10.4. The summed E-state index contributed by atoms with van der Waals surface area (Å²) in [5.74, 6) is 0. The van der Waals surface area contributed by atoms with Crippen LogP contribution in [0.4, 0.5) is 5.69 Å². The summed E-state index contributed by atoms with van der Waals surface area (Å²) >= 11 is 5.88. The zero-order valence-corrected chi connectivity index (χ0v) is 11.6. The highest BCUT2D eigenvalue weighted by molar-refractivity contribution is 6.30. The molecule has 18 heavy (non-hydrogen) atoms. The third-order valence-corrected chi connectivity index (χ3v) is 3.14. The van der Waals surface area contributed by atoms with Gasteiger partial charge < -0.3 is 5.73 Å². The molecular weight excluding hydrogens is 248 g/mol. The number of hydrogen-bond acceptors (Lipinski definition) is 3. The molecule has 0 aromatic carbocycles. The van der Waals surface area contributed by atoms with Crippen molar-refractivity contribution in [3.8, 4) is 11.3 Å². The van der Waals surface area contributed by atoms with Crippen LogP contribution >= 0.6 is 11.6 Å². The second-order valence-corrected chi connectivity index (χ2v) is 4.80. The Kier molecular flexibility index (Phi) is 3.57. The summed E-state index contributed by atoms with van der Waals surface area (Å²) < 4.78 is 2.00. The summed E-state index contributed by atoms with van der Waals surface area (Å²) in [6, 6.07) is 1.72. The molecule has 0 aliphatic heterocycles. The quantitative estimate of drug-likeness (QED) is 0.926. The van der Waals surface area contributed by atoms with Crippen LogP contribution in [0.25, 0.3) is 11.3 Å². The largest absolute Gasteiger partial charge is 0.397 e. The number of rotatable bonds is 3. The second kappa shape index (κ2) is 4.98.